The Morgan fingerprint density at radius 2 is 1.78 bits per heavy atom. The highest BCUT2D eigenvalue weighted by atomic mass is 19.1. The third kappa shape index (κ3) is 2.94. The minimum atomic E-state index is -0.822. The monoisotopic (exact) mass is 246 g/mol. The van der Waals surface area contributed by atoms with Crippen LogP contribution in [0.25, 0.3) is 0 Å². The van der Waals surface area contributed by atoms with E-state index in [0.717, 1.165) is 11.1 Å². The van der Waals surface area contributed by atoms with E-state index in [1.165, 1.54) is 12.1 Å². The van der Waals surface area contributed by atoms with Crippen LogP contribution in [0.5, 0.6) is 0 Å². The van der Waals surface area contributed by atoms with Gasteiger partial charge < -0.3 is 9.84 Å². The molecule has 18 heavy (non-hydrogen) atoms. The summed E-state index contributed by atoms with van der Waals surface area (Å²) < 4.78 is 18.2. The highest BCUT2D eigenvalue weighted by Crippen LogP contribution is 2.23. The summed E-state index contributed by atoms with van der Waals surface area (Å²) in [6.07, 6.45) is -0.822. The zero-order valence-corrected chi connectivity index (χ0v) is 10.1. The molecule has 0 spiro atoms. The highest BCUT2D eigenvalue weighted by molar-refractivity contribution is 5.32. The van der Waals surface area contributed by atoms with E-state index in [9.17, 15) is 9.50 Å². The molecule has 0 saturated carbocycles. The van der Waals surface area contributed by atoms with Crippen molar-refractivity contribution in [3.05, 3.63) is 71.0 Å². The lowest BCUT2D eigenvalue weighted by Gasteiger charge is -2.12. The van der Waals surface area contributed by atoms with Crippen molar-refractivity contribution in [1.82, 2.24) is 0 Å². The molecule has 0 heterocycles. The van der Waals surface area contributed by atoms with Crippen molar-refractivity contribution in [3.63, 3.8) is 0 Å². The zero-order chi connectivity index (χ0) is 13.0. The van der Waals surface area contributed by atoms with Crippen molar-refractivity contribution < 1.29 is 14.2 Å². The molecule has 0 aliphatic heterocycles. The van der Waals surface area contributed by atoms with E-state index in [-0.39, 0.29) is 5.82 Å². The number of hydrogen-bond donors (Lipinski definition) is 1. The summed E-state index contributed by atoms with van der Waals surface area (Å²) in [4.78, 5) is 0. The van der Waals surface area contributed by atoms with Gasteiger partial charge in [-0.3, -0.25) is 0 Å². The predicted molar refractivity (Wildman–Crippen MR) is 67.6 cm³/mol. The molecule has 0 fully saturated rings. The molecule has 0 aromatic heterocycles. The Labute approximate surface area is 106 Å². The van der Waals surface area contributed by atoms with E-state index in [4.69, 9.17) is 4.74 Å². The number of rotatable bonds is 4. The van der Waals surface area contributed by atoms with Gasteiger partial charge in [0.1, 0.15) is 11.9 Å². The van der Waals surface area contributed by atoms with Crippen LogP contribution < -0.4 is 0 Å². The molecule has 3 heteroatoms. The highest BCUT2D eigenvalue weighted by Gasteiger charge is 2.11. The molecular formula is C15H15FO2. The number of methoxy groups -OCH3 is 1. The van der Waals surface area contributed by atoms with Crippen molar-refractivity contribution >= 4 is 0 Å². The van der Waals surface area contributed by atoms with Gasteiger partial charge in [0.15, 0.2) is 0 Å². The Bertz CT molecular complexity index is 525. The number of aliphatic hydroxyl groups is 1. The van der Waals surface area contributed by atoms with Crippen molar-refractivity contribution in [2.45, 2.75) is 12.7 Å². The van der Waals surface area contributed by atoms with Gasteiger partial charge in [-0.2, -0.15) is 0 Å². The van der Waals surface area contributed by atoms with Crippen molar-refractivity contribution in [2.75, 3.05) is 7.11 Å². The Hall–Kier alpha value is -1.71. The van der Waals surface area contributed by atoms with Gasteiger partial charge in [0, 0.05) is 7.11 Å². The second-order valence-electron chi connectivity index (χ2n) is 4.14. The number of halogens is 1. The standard InChI is InChI=1S/C15H15FO2/c1-18-10-11-4-2-5-12(8-11)15(17)13-6-3-7-14(16)9-13/h2-9,15,17H,10H2,1H3. The number of aliphatic hydroxyl groups excluding tert-OH is 1. The molecule has 94 valence electrons. The van der Waals surface area contributed by atoms with Crippen LogP contribution in [0.15, 0.2) is 48.5 Å². The largest absolute Gasteiger partial charge is 0.384 e. The molecule has 0 bridgehead atoms. The molecule has 0 aliphatic rings. The molecule has 0 saturated heterocycles. The molecular weight excluding hydrogens is 231 g/mol. The summed E-state index contributed by atoms with van der Waals surface area (Å²) in [5.74, 6) is -0.348. The first-order chi connectivity index (χ1) is 8.70. The van der Waals surface area contributed by atoms with E-state index in [0.29, 0.717) is 12.2 Å². The molecule has 0 aliphatic carbocycles. The van der Waals surface area contributed by atoms with Gasteiger partial charge in [0.25, 0.3) is 0 Å². The van der Waals surface area contributed by atoms with E-state index in [1.54, 1.807) is 19.2 Å². The fourth-order valence-electron chi connectivity index (χ4n) is 1.89. The van der Waals surface area contributed by atoms with Gasteiger partial charge in [-0.15, -0.1) is 0 Å². The molecule has 2 rings (SSSR count). The Kier molecular flexibility index (Phi) is 4.07. The third-order valence-electron chi connectivity index (χ3n) is 2.74. The van der Waals surface area contributed by atoms with E-state index >= 15 is 0 Å². The Morgan fingerprint density at radius 3 is 2.44 bits per heavy atom. The van der Waals surface area contributed by atoms with Crippen molar-refractivity contribution in [3.8, 4) is 0 Å². The average Bonchev–Trinajstić information content (AvgIpc) is 2.39. The van der Waals surface area contributed by atoms with Crippen LogP contribution in [0.1, 0.15) is 22.8 Å². The second kappa shape index (κ2) is 5.76. The molecule has 1 N–H and O–H groups in total. The first kappa shape index (κ1) is 12.7. The van der Waals surface area contributed by atoms with E-state index < -0.39 is 6.10 Å². The second-order valence-corrected chi connectivity index (χ2v) is 4.14. The maximum Gasteiger partial charge on any atom is 0.123 e. The summed E-state index contributed by atoms with van der Waals surface area (Å²) in [6, 6.07) is 13.4. The van der Waals surface area contributed by atoms with Crippen LogP contribution in [0, 0.1) is 5.82 Å². The summed E-state index contributed by atoms with van der Waals surface area (Å²) in [7, 11) is 1.62. The lowest BCUT2D eigenvalue weighted by Crippen LogP contribution is -2.01. The minimum absolute atomic E-state index is 0.348. The lowest BCUT2D eigenvalue weighted by atomic mass is 10.00. The van der Waals surface area contributed by atoms with Crippen molar-refractivity contribution in [2.24, 2.45) is 0 Å². The van der Waals surface area contributed by atoms with Crippen LogP contribution >= 0.6 is 0 Å². The van der Waals surface area contributed by atoms with Crippen LogP contribution in [-0.2, 0) is 11.3 Å². The van der Waals surface area contributed by atoms with Crippen LogP contribution in [-0.4, -0.2) is 12.2 Å². The summed E-state index contributed by atoms with van der Waals surface area (Å²) in [5.41, 5.74) is 2.25. The minimum Gasteiger partial charge on any atom is -0.384 e. The number of ether oxygens (including phenoxy) is 1. The number of hydrogen-bond acceptors (Lipinski definition) is 2. The Balaban J connectivity index is 2.27. The summed E-state index contributed by atoms with van der Waals surface area (Å²) in [6.45, 7) is 0.490. The maximum absolute atomic E-state index is 13.1. The molecule has 2 aromatic carbocycles. The molecule has 0 amide bonds. The van der Waals surface area contributed by atoms with Gasteiger partial charge in [0.2, 0.25) is 0 Å². The van der Waals surface area contributed by atoms with Gasteiger partial charge in [-0.25, -0.2) is 4.39 Å². The van der Waals surface area contributed by atoms with E-state index in [1.807, 2.05) is 24.3 Å². The fraction of sp³-hybridized carbons (Fsp3) is 0.200. The quantitative estimate of drug-likeness (QED) is 0.898. The predicted octanol–water partition coefficient (Wildman–Crippen LogP) is 3.05. The topological polar surface area (TPSA) is 29.5 Å². The van der Waals surface area contributed by atoms with Gasteiger partial charge in [0.05, 0.1) is 6.61 Å². The molecule has 2 nitrogen and oxygen atoms in total. The Morgan fingerprint density at radius 1 is 1.11 bits per heavy atom. The summed E-state index contributed by atoms with van der Waals surface area (Å²) >= 11 is 0. The number of benzene rings is 2. The maximum atomic E-state index is 13.1. The summed E-state index contributed by atoms with van der Waals surface area (Å²) in [5, 5.41) is 10.2. The molecule has 0 radical (unpaired) electrons. The van der Waals surface area contributed by atoms with Crippen LogP contribution in [0.3, 0.4) is 0 Å². The molecule has 1 atom stereocenters. The first-order valence-electron chi connectivity index (χ1n) is 5.72. The lowest BCUT2D eigenvalue weighted by molar-refractivity contribution is 0.184. The SMILES string of the molecule is COCc1cccc(C(O)c2cccc(F)c2)c1. The zero-order valence-electron chi connectivity index (χ0n) is 10.1. The average molecular weight is 246 g/mol. The van der Waals surface area contributed by atoms with Gasteiger partial charge >= 0.3 is 0 Å². The van der Waals surface area contributed by atoms with Gasteiger partial charge in [-0.05, 0) is 28.8 Å². The van der Waals surface area contributed by atoms with Crippen LogP contribution in [0.2, 0.25) is 0 Å². The normalized spacial score (nSPS) is 12.4. The molecule has 1 unspecified atom stereocenters. The van der Waals surface area contributed by atoms with Crippen molar-refractivity contribution in [1.29, 1.82) is 0 Å². The van der Waals surface area contributed by atoms with Crippen LogP contribution in [0.4, 0.5) is 4.39 Å². The van der Waals surface area contributed by atoms with Gasteiger partial charge in [-0.1, -0.05) is 36.4 Å². The molecule has 2 aromatic rings. The smallest absolute Gasteiger partial charge is 0.123 e. The first-order valence-corrected chi connectivity index (χ1v) is 5.72. The fourth-order valence-corrected chi connectivity index (χ4v) is 1.89. The third-order valence-corrected chi connectivity index (χ3v) is 2.74. The van der Waals surface area contributed by atoms with E-state index in [2.05, 4.69) is 0 Å².